The molecular formula is C20H30N4O3. The van der Waals surface area contributed by atoms with Gasteiger partial charge in [0.1, 0.15) is 0 Å². The Labute approximate surface area is 160 Å². The van der Waals surface area contributed by atoms with E-state index in [1.165, 1.54) is 25.7 Å². The first-order valence-corrected chi connectivity index (χ1v) is 10.4. The number of nitrogens with zero attached hydrogens (tertiary/aromatic N) is 2. The first-order chi connectivity index (χ1) is 13.2. The molecule has 148 valence electrons. The Morgan fingerprint density at radius 3 is 2.78 bits per heavy atom. The second-order valence-corrected chi connectivity index (χ2v) is 8.09. The van der Waals surface area contributed by atoms with Crippen molar-refractivity contribution in [3.63, 3.8) is 0 Å². The number of amides is 2. The van der Waals surface area contributed by atoms with Gasteiger partial charge in [-0.3, -0.25) is 14.3 Å². The number of carbonyl (C=O) groups excluding carboxylic acids is 2. The van der Waals surface area contributed by atoms with Crippen molar-refractivity contribution in [3.8, 4) is 0 Å². The van der Waals surface area contributed by atoms with Gasteiger partial charge in [0.25, 0.3) is 5.91 Å². The van der Waals surface area contributed by atoms with Gasteiger partial charge in [-0.15, -0.1) is 0 Å². The molecule has 3 aliphatic rings. The molecule has 1 aromatic heterocycles. The number of hydrogen-bond acceptors (Lipinski definition) is 4. The van der Waals surface area contributed by atoms with E-state index >= 15 is 0 Å². The molecule has 0 atom stereocenters. The van der Waals surface area contributed by atoms with Crippen LogP contribution < -0.4 is 10.6 Å². The molecule has 1 aromatic rings. The zero-order valence-electron chi connectivity index (χ0n) is 16.0. The lowest BCUT2D eigenvalue weighted by Gasteiger charge is -2.15. The van der Waals surface area contributed by atoms with E-state index in [0.29, 0.717) is 44.5 Å². The SMILES string of the molecule is O=C(CCC1CCCC1)NCCn1nc(C(=O)NC2CC2)c2c1CCOC2. The van der Waals surface area contributed by atoms with Gasteiger partial charge in [0.15, 0.2) is 5.69 Å². The van der Waals surface area contributed by atoms with E-state index in [4.69, 9.17) is 4.74 Å². The molecule has 2 saturated carbocycles. The lowest BCUT2D eigenvalue weighted by Crippen LogP contribution is -2.28. The summed E-state index contributed by atoms with van der Waals surface area (Å²) in [5, 5.41) is 10.6. The maximum atomic E-state index is 12.5. The van der Waals surface area contributed by atoms with E-state index < -0.39 is 0 Å². The molecule has 0 bridgehead atoms. The van der Waals surface area contributed by atoms with Gasteiger partial charge < -0.3 is 15.4 Å². The quantitative estimate of drug-likeness (QED) is 0.728. The van der Waals surface area contributed by atoms with Gasteiger partial charge in [0, 0.05) is 36.7 Å². The van der Waals surface area contributed by atoms with Gasteiger partial charge in [-0.2, -0.15) is 5.10 Å². The Morgan fingerprint density at radius 2 is 2.00 bits per heavy atom. The third-order valence-electron chi connectivity index (χ3n) is 5.92. The topological polar surface area (TPSA) is 85.2 Å². The van der Waals surface area contributed by atoms with Crippen LogP contribution in [0.3, 0.4) is 0 Å². The Balaban J connectivity index is 1.30. The average molecular weight is 374 g/mol. The van der Waals surface area contributed by atoms with Crippen molar-refractivity contribution in [2.24, 2.45) is 5.92 Å². The van der Waals surface area contributed by atoms with Crippen LogP contribution in [0.2, 0.25) is 0 Å². The van der Waals surface area contributed by atoms with Crippen molar-refractivity contribution in [3.05, 3.63) is 17.0 Å². The van der Waals surface area contributed by atoms with Crippen molar-refractivity contribution >= 4 is 11.8 Å². The van der Waals surface area contributed by atoms with Gasteiger partial charge in [0.05, 0.1) is 19.8 Å². The largest absolute Gasteiger partial charge is 0.376 e. The van der Waals surface area contributed by atoms with E-state index in [1.807, 2.05) is 4.68 Å². The summed E-state index contributed by atoms with van der Waals surface area (Å²) in [5.74, 6) is 0.762. The van der Waals surface area contributed by atoms with Crippen LogP contribution in [0.15, 0.2) is 0 Å². The first kappa shape index (κ1) is 18.5. The maximum absolute atomic E-state index is 12.5. The minimum absolute atomic E-state index is 0.0985. The molecule has 7 nitrogen and oxygen atoms in total. The molecule has 2 heterocycles. The summed E-state index contributed by atoms with van der Waals surface area (Å²) in [6, 6.07) is 0.307. The van der Waals surface area contributed by atoms with Crippen LogP contribution in [-0.4, -0.2) is 40.8 Å². The van der Waals surface area contributed by atoms with E-state index in [-0.39, 0.29) is 11.8 Å². The summed E-state index contributed by atoms with van der Waals surface area (Å²) in [7, 11) is 0. The molecule has 0 unspecified atom stereocenters. The molecule has 4 rings (SSSR count). The van der Waals surface area contributed by atoms with Gasteiger partial charge in [-0.05, 0) is 25.2 Å². The zero-order chi connectivity index (χ0) is 18.6. The van der Waals surface area contributed by atoms with Crippen LogP contribution in [0.5, 0.6) is 0 Å². The Morgan fingerprint density at radius 1 is 1.19 bits per heavy atom. The molecular weight excluding hydrogens is 344 g/mol. The highest BCUT2D eigenvalue weighted by atomic mass is 16.5. The standard InChI is InChI=1S/C20H30N4O3/c25-18(8-5-14-3-1-2-4-14)21-10-11-24-17-9-12-27-13-16(17)19(23-24)20(26)22-15-6-7-15/h14-15H,1-13H2,(H,21,25)(H,22,26). The lowest BCUT2D eigenvalue weighted by molar-refractivity contribution is -0.121. The molecule has 0 spiro atoms. The fourth-order valence-corrected chi connectivity index (χ4v) is 4.18. The van der Waals surface area contributed by atoms with Crippen molar-refractivity contribution < 1.29 is 14.3 Å². The van der Waals surface area contributed by atoms with Crippen LogP contribution in [0.25, 0.3) is 0 Å². The number of fused-ring (bicyclic) bond motifs is 1. The molecule has 2 aliphatic carbocycles. The van der Waals surface area contributed by atoms with E-state index in [9.17, 15) is 9.59 Å². The van der Waals surface area contributed by atoms with Crippen LogP contribution in [-0.2, 0) is 29.1 Å². The number of ether oxygens (including phenoxy) is 1. The summed E-state index contributed by atoms with van der Waals surface area (Å²) in [6.45, 7) is 2.23. The van der Waals surface area contributed by atoms with Gasteiger partial charge in [-0.1, -0.05) is 25.7 Å². The molecule has 0 saturated heterocycles. The zero-order valence-corrected chi connectivity index (χ0v) is 16.0. The second-order valence-electron chi connectivity index (χ2n) is 8.09. The van der Waals surface area contributed by atoms with Gasteiger partial charge in [0.2, 0.25) is 5.91 Å². The molecule has 1 aliphatic heterocycles. The van der Waals surface area contributed by atoms with Gasteiger partial charge >= 0.3 is 0 Å². The number of carbonyl (C=O) groups is 2. The fourth-order valence-electron chi connectivity index (χ4n) is 4.18. The smallest absolute Gasteiger partial charge is 0.272 e. The third kappa shape index (κ3) is 4.69. The van der Waals surface area contributed by atoms with E-state index in [1.54, 1.807) is 0 Å². The molecule has 2 amide bonds. The Kier molecular flexibility index (Phi) is 5.76. The Bertz CT molecular complexity index is 690. The highest BCUT2D eigenvalue weighted by molar-refractivity contribution is 5.94. The molecule has 0 aromatic carbocycles. The van der Waals surface area contributed by atoms with Gasteiger partial charge in [-0.25, -0.2) is 0 Å². The van der Waals surface area contributed by atoms with Crippen LogP contribution in [0, 0.1) is 5.92 Å². The minimum Gasteiger partial charge on any atom is -0.376 e. The van der Waals surface area contributed by atoms with E-state index in [0.717, 1.165) is 42.9 Å². The summed E-state index contributed by atoms with van der Waals surface area (Å²) in [5.41, 5.74) is 2.47. The first-order valence-electron chi connectivity index (χ1n) is 10.4. The Hall–Kier alpha value is -1.89. The summed E-state index contributed by atoms with van der Waals surface area (Å²) in [4.78, 5) is 24.6. The number of aromatic nitrogens is 2. The van der Waals surface area contributed by atoms with Crippen LogP contribution in [0.4, 0.5) is 0 Å². The predicted octanol–water partition coefficient (Wildman–Crippen LogP) is 1.93. The average Bonchev–Trinajstić information content (AvgIpc) is 3.20. The summed E-state index contributed by atoms with van der Waals surface area (Å²) < 4.78 is 7.43. The normalized spacial score (nSPS) is 19.7. The van der Waals surface area contributed by atoms with Crippen molar-refractivity contribution in [2.45, 2.75) is 77.0 Å². The predicted molar refractivity (Wildman–Crippen MR) is 100 cm³/mol. The van der Waals surface area contributed by atoms with Crippen LogP contribution in [0.1, 0.15) is 73.1 Å². The van der Waals surface area contributed by atoms with Crippen molar-refractivity contribution in [1.29, 1.82) is 0 Å². The number of hydrogen-bond donors (Lipinski definition) is 2. The highest BCUT2D eigenvalue weighted by Crippen LogP contribution is 2.28. The van der Waals surface area contributed by atoms with Crippen molar-refractivity contribution in [1.82, 2.24) is 20.4 Å². The number of nitrogens with one attached hydrogen (secondary N) is 2. The third-order valence-corrected chi connectivity index (χ3v) is 5.92. The van der Waals surface area contributed by atoms with Crippen LogP contribution >= 0.6 is 0 Å². The molecule has 2 fully saturated rings. The second kappa shape index (κ2) is 8.42. The monoisotopic (exact) mass is 374 g/mol. The van der Waals surface area contributed by atoms with E-state index in [2.05, 4.69) is 15.7 Å². The number of rotatable bonds is 8. The molecule has 2 N–H and O–H groups in total. The lowest BCUT2D eigenvalue weighted by atomic mass is 10.0. The minimum atomic E-state index is -0.0985. The fraction of sp³-hybridized carbons (Fsp3) is 0.750. The summed E-state index contributed by atoms with van der Waals surface area (Å²) >= 11 is 0. The summed E-state index contributed by atoms with van der Waals surface area (Å²) in [6.07, 6.45) is 9.68. The molecule has 7 heteroatoms. The molecule has 0 radical (unpaired) electrons. The van der Waals surface area contributed by atoms with Crippen molar-refractivity contribution in [2.75, 3.05) is 13.2 Å². The maximum Gasteiger partial charge on any atom is 0.272 e. The molecule has 27 heavy (non-hydrogen) atoms. The highest BCUT2D eigenvalue weighted by Gasteiger charge is 2.29.